The molecule has 44 heavy (non-hydrogen) atoms. The highest BCUT2D eigenvalue weighted by atomic mass is 19.4. The standard InChI is InChI=1S/C33H38F5N3O3/c1-4-9-41(10-5-2)32(44)25-12-21(3)11-24(17-25)31(43)40-29(16-23-14-27(34)18-28(35)15-23)30(42)20-39-19-22-7-6-8-26(13-22)33(36,37)38/h6-8,11-15,17-18,29-30,39,42H,4-5,9-10,16,19-20H2,1-3H3,(H,40,43)/t29-,30+/m0/s1. The summed E-state index contributed by atoms with van der Waals surface area (Å²) in [5.74, 6) is -2.48. The SMILES string of the molecule is CCCN(CCC)C(=O)c1cc(C)cc(C(=O)N[C@@H](Cc2cc(F)cc(F)c2)[C@H](O)CNCc2cccc(C(F)(F)F)c2)c1. The molecule has 0 aliphatic carbocycles. The molecule has 2 amide bonds. The Morgan fingerprint density at radius 1 is 0.886 bits per heavy atom. The Balaban J connectivity index is 1.81. The number of carbonyl (C=O) groups excluding carboxylic acids is 2. The van der Waals surface area contributed by atoms with Crippen molar-refractivity contribution in [2.24, 2.45) is 0 Å². The van der Waals surface area contributed by atoms with Crippen LogP contribution in [0.1, 0.15) is 69.7 Å². The second-order valence-electron chi connectivity index (χ2n) is 10.8. The summed E-state index contributed by atoms with van der Waals surface area (Å²) < 4.78 is 67.1. The van der Waals surface area contributed by atoms with E-state index in [1.165, 1.54) is 18.2 Å². The Labute approximate surface area is 254 Å². The first-order valence-corrected chi connectivity index (χ1v) is 14.5. The van der Waals surface area contributed by atoms with Gasteiger partial charge < -0.3 is 20.6 Å². The van der Waals surface area contributed by atoms with E-state index in [0.29, 0.717) is 35.8 Å². The number of hydrogen-bond donors (Lipinski definition) is 3. The zero-order valence-corrected chi connectivity index (χ0v) is 25.0. The average Bonchev–Trinajstić information content (AvgIpc) is 2.95. The van der Waals surface area contributed by atoms with Gasteiger partial charge in [-0.2, -0.15) is 13.2 Å². The molecule has 3 rings (SSSR count). The van der Waals surface area contributed by atoms with Crippen molar-refractivity contribution >= 4 is 11.8 Å². The van der Waals surface area contributed by atoms with Crippen molar-refractivity contribution in [3.63, 3.8) is 0 Å². The largest absolute Gasteiger partial charge is 0.416 e. The number of hydrogen-bond acceptors (Lipinski definition) is 4. The van der Waals surface area contributed by atoms with Gasteiger partial charge in [0.25, 0.3) is 11.8 Å². The molecule has 2 atom stereocenters. The summed E-state index contributed by atoms with van der Waals surface area (Å²) in [5.41, 5.74) is 0.877. The molecule has 0 heterocycles. The van der Waals surface area contributed by atoms with Crippen LogP contribution in [0.2, 0.25) is 0 Å². The molecule has 0 aliphatic rings. The van der Waals surface area contributed by atoms with Crippen molar-refractivity contribution in [2.75, 3.05) is 19.6 Å². The van der Waals surface area contributed by atoms with Crippen LogP contribution >= 0.6 is 0 Å². The molecule has 238 valence electrons. The maximum Gasteiger partial charge on any atom is 0.416 e. The van der Waals surface area contributed by atoms with Crippen molar-refractivity contribution in [2.45, 2.75) is 64.9 Å². The maximum absolute atomic E-state index is 13.9. The summed E-state index contributed by atoms with van der Waals surface area (Å²) >= 11 is 0. The fourth-order valence-corrected chi connectivity index (χ4v) is 4.96. The monoisotopic (exact) mass is 619 g/mol. The van der Waals surface area contributed by atoms with Gasteiger partial charge in [-0.05, 0) is 79.3 Å². The molecule has 0 fully saturated rings. The van der Waals surface area contributed by atoms with E-state index in [4.69, 9.17) is 0 Å². The number of carbonyl (C=O) groups is 2. The van der Waals surface area contributed by atoms with E-state index in [2.05, 4.69) is 10.6 Å². The third kappa shape index (κ3) is 10.1. The highest BCUT2D eigenvalue weighted by Crippen LogP contribution is 2.29. The number of aliphatic hydroxyl groups is 1. The van der Waals surface area contributed by atoms with Gasteiger partial charge >= 0.3 is 6.18 Å². The van der Waals surface area contributed by atoms with Crippen LogP contribution in [0.25, 0.3) is 0 Å². The molecule has 0 unspecified atom stereocenters. The molecule has 3 aromatic rings. The molecule has 0 aliphatic heterocycles. The number of amides is 2. The molecule has 3 aromatic carbocycles. The lowest BCUT2D eigenvalue weighted by Crippen LogP contribution is -2.48. The summed E-state index contributed by atoms with van der Waals surface area (Å²) in [6.07, 6.45) is -4.41. The van der Waals surface area contributed by atoms with Crippen LogP contribution in [0, 0.1) is 18.6 Å². The van der Waals surface area contributed by atoms with Crippen LogP contribution in [0.15, 0.2) is 60.7 Å². The fourth-order valence-electron chi connectivity index (χ4n) is 4.96. The third-order valence-electron chi connectivity index (χ3n) is 6.96. The summed E-state index contributed by atoms with van der Waals surface area (Å²) in [4.78, 5) is 28.4. The van der Waals surface area contributed by atoms with Gasteiger partial charge in [0.1, 0.15) is 11.6 Å². The number of alkyl halides is 3. The van der Waals surface area contributed by atoms with Crippen LogP contribution in [0.5, 0.6) is 0 Å². The van der Waals surface area contributed by atoms with E-state index < -0.39 is 41.4 Å². The zero-order chi connectivity index (χ0) is 32.4. The van der Waals surface area contributed by atoms with Gasteiger partial charge in [-0.3, -0.25) is 9.59 Å². The molecule has 0 spiro atoms. The zero-order valence-electron chi connectivity index (χ0n) is 25.0. The highest BCUT2D eigenvalue weighted by Gasteiger charge is 2.30. The Hall–Kier alpha value is -3.83. The van der Waals surface area contributed by atoms with Gasteiger partial charge in [0.2, 0.25) is 0 Å². The highest BCUT2D eigenvalue weighted by molar-refractivity contribution is 6.00. The van der Waals surface area contributed by atoms with Crippen LogP contribution in [0.4, 0.5) is 22.0 Å². The van der Waals surface area contributed by atoms with E-state index in [1.54, 1.807) is 24.0 Å². The van der Waals surface area contributed by atoms with Crippen molar-refractivity contribution in [1.82, 2.24) is 15.5 Å². The topological polar surface area (TPSA) is 81.7 Å². The third-order valence-corrected chi connectivity index (χ3v) is 6.96. The first kappa shape index (κ1) is 34.7. The van der Waals surface area contributed by atoms with E-state index in [1.807, 2.05) is 13.8 Å². The summed E-state index contributed by atoms with van der Waals surface area (Å²) in [7, 11) is 0. The van der Waals surface area contributed by atoms with E-state index in [9.17, 15) is 36.6 Å². The average molecular weight is 620 g/mol. The van der Waals surface area contributed by atoms with Crippen LogP contribution < -0.4 is 10.6 Å². The Kier molecular flexibility index (Phi) is 12.4. The molecule has 11 heteroatoms. The molecular weight excluding hydrogens is 581 g/mol. The van der Waals surface area contributed by atoms with E-state index >= 15 is 0 Å². The number of nitrogens with zero attached hydrogens (tertiary/aromatic N) is 1. The number of halogens is 5. The van der Waals surface area contributed by atoms with Gasteiger partial charge in [0.15, 0.2) is 0 Å². The Morgan fingerprint density at radius 3 is 2.14 bits per heavy atom. The van der Waals surface area contributed by atoms with Crippen molar-refractivity contribution < 1.29 is 36.6 Å². The lowest BCUT2D eigenvalue weighted by molar-refractivity contribution is -0.137. The number of rotatable bonds is 14. The summed E-state index contributed by atoms with van der Waals surface area (Å²) in [6, 6.07) is 11.3. The summed E-state index contributed by atoms with van der Waals surface area (Å²) in [6.45, 7) is 6.65. The minimum Gasteiger partial charge on any atom is -0.390 e. The van der Waals surface area contributed by atoms with Crippen LogP contribution in [0.3, 0.4) is 0 Å². The maximum atomic E-state index is 13.9. The van der Waals surface area contributed by atoms with Crippen molar-refractivity contribution in [3.05, 3.63) is 106 Å². The first-order valence-electron chi connectivity index (χ1n) is 14.5. The van der Waals surface area contributed by atoms with Gasteiger partial charge in [-0.15, -0.1) is 0 Å². The van der Waals surface area contributed by atoms with Gasteiger partial charge in [-0.25, -0.2) is 8.78 Å². The molecule has 0 saturated carbocycles. The van der Waals surface area contributed by atoms with Gasteiger partial charge in [0.05, 0.1) is 17.7 Å². The lowest BCUT2D eigenvalue weighted by atomic mass is 9.99. The number of aryl methyl sites for hydroxylation is 1. The summed E-state index contributed by atoms with van der Waals surface area (Å²) in [5, 5.41) is 16.7. The molecular formula is C33H38F5N3O3. The Morgan fingerprint density at radius 2 is 1.52 bits per heavy atom. The minimum atomic E-state index is -4.50. The molecule has 0 aromatic heterocycles. The predicted octanol–water partition coefficient (Wildman–Crippen LogP) is 6.05. The smallest absolute Gasteiger partial charge is 0.390 e. The molecule has 3 N–H and O–H groups in total. The number of benzene rings is 3. The van der Waals surface area contributed by atoms with Crippen molar-refractivity contribution in [3.8, 4) is 0 Å². The number of aliphatic hydroxyl groups excluding tert-OH is 1. The second kappa shape index (κ2) is 15.8. The van der Waals surface area contributed by atoms with E-state index in [0.717, 1.165) is 37.1 Å². The van der Waals surface area contributed by atoms with Gasteiger partial charge in [-0.1, -0.05) is 32.0 Å². The molecule has 0 saturated heterocycles. The predicted molar refractivity (Wildman–Crippen MR) is 158 cm³/mol. The lowest BCUT2D eigenvalue weighted by Gasteiger charge is -2.25. The normalized spacial score (nSPS) is 12.9. The molecule has 0 radical (unpaired) electrons. The molecule has 0 bridgehead atoms. The first-order chi connectivity index (χ1) is 20.8. The van der Waals surface area contributed by atoms with E-state index in [-0.39, 0.29) is 36.5 Å². The van der Waals surface area contributed by atoms with Crippen LogP contribution in [-0.4, -0.2) is 53.6 Å². The second-order valence-corrected chi connectivity index (χ2v) is 10.8. The quantitative estimate of drug-likeness (QED) is 0.192. The fraction of sp³-hybridized carbons (Fsp3) is 0.394. The van der Waals surface area contributed by atoms with Crippen molar-refractivity contribution in [1.29, 1.82) is 0 Å². The number of nitrogens with one attached hydrogen (secondary N) is 2. The Bertz CT molecular complexity index is 1400. The van der Waals surface area contributed by atoms with Gasteiger partial charge in [0, 0.05) is 43.4 Å². The minimum absolute atomic E-state index is 0.00832. The van der Waals surface area contributed by atoms with Crippen LogP contribution in [-0.2, 0) is 19.1 Å². The molecule has 6 nitrogen and oxygen atoms in total.